The Morgan fingerprint density at radius 3 is 2.41 bits per heavy atom. The van der Waals surface area contributed by atoms with Gasteiger partial charge in [-0.25, -0.2) is 0 Å². The molecule has 0 unspecified atom stereocenters. The summed E-state index contributed by atoms with van der Waals surface area (Å²) in [5.74, 6) is 0.161. The molecule has 0 radical (unpaired) electrons. The van der Waals surface area contributed by atoms with Crippen LogP contribution in [0.15, 0.2) is 30.3 Å². The Morgan fingerprint density at radius 1 is 1.18 bits per heavy atom. The van der Waals surface area contributed by atoms with Crippen LogP contribution in [0, 0.1) is 0 Å². The Labute approximate surface area is 114 Å². The summed E-state index contributed by atoms with van der Waals surface area (Å²) in [6.07, 6.45) is 0.524. The summed E-state index contributed by atoms with van der Waals surface area (Å²) in [7, 11) is 0. The average molecular weight is 285 g/mol. The normalized spacial score (nSPS) is 10.5. The lowest BCUT2D eigenvalue weighted by Gasteiger charge is -1.99. The zero-order valence-electron chi connectivity index (χ0n) is 9.17. The van der Waals surface area contributed by atoms with Gasteiger partial charge in [0.05, 0.1) is 4.88 Å². The summed E-state index contributed by atoms with van der Waals surface area (Å²) in [4.78, 5) is 13.3. The zero-order valence-corrected chi connectivity index (χ0v) is 11.5. The first-order valence-corrected chi connectivity index (χ1v) is 6.77. The summed E-state index contributed by atoms with van der Waals surface area (Å²) >= 11 is 13.4. The number of thiophene rings is 1. The maximum atomic E-state index is 11.6. The highest BCUT2D eigenvalue weighted by molar-refractivity contribution is 7.17. The Kier molecular flexibility index (Phi) is 3.87. The van der Waals surface area contributed by atoms with Gasteiger partial charge in [0.2, 0.25) is 0 Å². The van der Waals surface area contributed by atoms with E-state index in [-0.39, 0.29) is 5.78 Å². The first kappa shape index (κ1) is 12.6. The number of halogens is 2. The molecule has 1 aromatic carbocycles. The molecule has 0 bridgehead atoms. The van der Waals surface area contributed by atoms with Gasteiger partial charge in [-0.15, -0.1) is 11.3 Å². The number of Topliss-reactive ketones (excluding diaryl/α,β-unsaturated/α-hetero) is 1. The fourth-order valence-corrected chi connectivity index (χ4v) is 3.04. The molecule has 0 aliphatic carbocycles. The lowest BCUT2D eigenvalue weighted by atomic mass is 10.2. The van der Waals surface area contributed by atoms with E-state index in [1.807, 2.05) is 31.2 Å². The fraction of sp³-hybridized carbons (Fsp3) is 0.154. The minimum atomic E-state index is 0.161. The third-order valence-electron chi connectivity index (χ3n) is 2.35. The molecule has 0 fully saturated rings. The third kappa shape index (κ3) is 2.89. The molecule has 1 heterocycles. The highest BCUT2D eigenvalue weighted by Crippen LogP contribution is 2.32. The molecule has 88 valence electrons. The third-order valence-corrected chi connectivity index (χ3v) is 3.96. The molecule has 0 amide bonds. The standard InChI is InChI=1S/C13H10Cl2OS/c1-2-11(16)13-4-3-12(17-13)8-5-9(14)7-10(15)6-8/h3-7H,2H2,1H3. The minimum absolute atomic E-state index is 0.161. The molecule has 17 heavy (non-hydrogen) atoms. The molecule has 0 N–H and O–H groups in total. The number of carbonyl (C=O) groups is 1. The number of hydrogen-bond donors (Lipinski definition) is 0. The van der Waals surface area contributed by atoms with E-state index >= 15 is 0 Å². The number of hydrogen-bond acceptors (Lipinski definition) is 2. The topological polar surface area (TPSA) is 17.1 Å². The Bertz CT molecular complexity index is 540. The molecule has 1 nitrogen and oxygen atoms in total. The van der Waals surface area contributed by atoms with Crippen LogP contribution in [0.1, 0.15) is 23.0 Å². The van der Waals surface area contributed by atoms with Crippen LogP contribution in [0.2, 0.25) is 10.0 Å². The van der Waals surface area contributed by atoms with Crippen molar-refractivity contribution in [3.63, 3.8) is 0 Å². The average Bonchev–Trinajstić information content (AvgIpc) is 2.76. The van der Waals surface area contributed by atoms with Gasteiger partial charge in [0.1, 0.15) is 0 Å². The highest BCUT2D eigenvalue weighted by atomic mass is 35.5. The van der Waals surface area contributed by atoms with Crippen molar-refractivity contribution in [3.8, 4) is 10.4 Å². The van der Waals surface area contributed by atoms with Crippen molar-refractivity contribution in [2.24, 2.45) is 0 Å². The summed E-state index contributed by atoms with van der Waals surface area (Å²) in [5.41, 5.74) is 0.947. The quantitative estimate of drug-likeness (QED) is 0.698. The maximum absolute atomic E-state index is 11.6. The van der Waals surface area contributed by atoms with Crippen molar-refractivity contribution in [2.45, 2.75) is 13.3 Å². The summed E-state index contributed by atoms with van der Waals surface area (Å²) in [5, 5.41) is 1.20. The van der Waals surface area contributed by atoms with Crippen molar-refractivity contribution in [1.29, 1.82) is 0 Å². The second-order valence-corrected chi connectivity index (χ2v) is 5.56. The summed E-state index contributed by atoms with van der Waals surface area (Å²) in [6.45, 7) is 1.86. The van der Waals surface area contributed by atoms with E-state index in [9.17, 15) is 4.79 Å². The Hall–Kier alpha value is -0.830. The van der Waals surface area contributed by atoms with E-state index < -0.39 is 0 Å². The van der Waals surface area contributed by atoms with Gasteiger partial charge in [-0.05, 0) is 35.9 Å². The van der Waals surface area contributed by atoms with E-state index in [0.717, 1.165) is 15.3 Å². The van der Waals surface area contributed by atoms with E-state index in [2.05, 4.69) is 0 Å². The van der Waals surface area contributed by atoms with Gasteiger partial charge >= 0.3 is 0 Å². The van der Waals surface area contributed by atoms with Crippen molar-refractivity contribution in [3.05, 3.63) is 45.3 Å². The smallest absolute Gasteiger partial charge is 0.172 e. The SMILES string of the molecule is CCC(=O)c1ccc(-c2cc(Cl)cc(Cl)c2)s1. The molecule has 1 aromatic heterocycles. The van der Waals surface area contributed by atoms with Gasteiger partial charge in [0.25, 0.3) is 0 Å². The van der Waals surface area contributed by atoms with Crippen LogP contribution in [0.4, 0.5) is 0 Å². The lowest BCUT2D eigenvalue weighted by Crippen LogP contribution is -1.90. The van der Waals surface area contributed by atoms with Crippen LogP contribution in [-0.4, -0.2) is 5.78 Å². The minimum Gasteiger partial charge on any atom is -0.293 e. The van der Waals surface area contributed by atoms with Gasteiger partial charge < -0.3 is 0 Å². The molecular weight excluding hydrogens is 275 g/mol. The van der Waals surface area contributed by atoms with Gasteiger partial charge in [0.15, 0.2) is 5.78 Å². The molecule has 2 rings (SSSR count). The molecule has 4 heteroatoms. The van der Waals surface area contributed by atoms with Gasteiger partial charge in [-0.3, -0.25) is 4.79 Å². The molecule has 0 spiro atoms. The van der Waals surface area contributed by atoms with Crippen LogP contribution >= 0.6 is 34.5 Å². The van der Waals surface area contributed by atoms with Crippen molar-refractivity contribution >= 4 is 40.3 Å². The first-order valence-electron chi connectivity index (χ1n) is 5.19. The molecule has 0 aliphatic heterocycles. The van der Waals surface area contributed by atoms with E-state index in [1.165, 1.54) is 11.3 Å². The molecule has 0 saturated heterocycles. The number of ketones is 1. The molecule has 0 atom stereocenters. The molecule has 2 aromatic rings. The van der Waals surface area contributed by atoms with Crippen molar-refractivity contribution < 1.29 is 4.79 Å². The molecule has 0 saturated carbocycles. The Balaban J connectivity index is 2.40. The van der Waals surface area contributed by atoms with Gasteiger partial charge in [-0.2, -0.15) is 0 Å². The van der Waals surface area contributed by atoms with E-state index in [4.69, 9.17) is 23.2 Å². The summed E-state index contributed by atoms with van der Waals surface area (Å²) in [6, 6.07) is 9.16. The van der Waals surface area contributed by atoms with Crippen LogP contribution in [0.5, 0.6) is 0 Å². The lowest BCUT2D eigenvalue weighted by molar-refractivity contribution is 0.0992. The van der Waals surface area contributed by atoms with E-state index in [0.29, 0.717) is 16.5 Å². The molecular formula is C13H10Cl2OS. The van der Waals surface area contributed by atoms with E-state index in [1.54, 1.807) is 6.07 Å². The number of carbonyl (C=O) groups excluding carboxylic acids is 1. The van der Waals surface area contributed by atoms with Gasteiger partial charge in [-0.1, -0.05) is 30.1 Å². The number of benzene rings is 1. The summed E-state index contributed by atoms with van der Waals surface area (Å²) < 4.78 is 0. The zero-order chi connectivity index (χ0) is 12.4. The van der Waals surface area contributed by atoms with Crippen LogP contribution in [-0.2, 0) is 0 Å². The first-order chi connectivity index (χ1) is 8.10. The largest absolute Gasteiger partial charge is 0.293 e. The predicted octanol–water partition coefficient (Wildman–Crippen LogP) is 5.31. The molecule has 0 aliphatic rings. The van der Waals surface area contributed by atoms with Crippen LogP contribution < -0.4 is 0 Å². The second kappa shape index (κ2) is 5.21. The van der Waals surface area contributed by atoms with Crippen molar-refractivity contribution in [1.82, 2.24) is 0 Å². The van der Waals surface area contributed by atoms with Crippen LogP contribution in [0.3, 0.4) is 0 Å². The highest BCUT2D eigenvalue weighted by Gasteiger charge is 2.09. The maximum Gasteiger partial charge on any atom is 0.172 e. The second-order valence-electron chi connectivity index (χ2n) is 3.60. The number of rotatable bonds is 3. The fourth-order valence-electron chi connectivity index (χ4n) is 1.51. The van der Waals surface area contributed by atoms with Crippen molar-refractivity contribution in [2.75, 3.05) is 0 Å². The van der Waals surface area contributed by atoms with Gasteiger partial charge in [0, 0.05) is 21.3 Å². The monoisotopic (exact) mass is 284 g/mol. The predicted molar refractivity (Wildman–Crippen MR) is 74.4 cm³/mol. The van der Waals surface area contributed by atoms with Crippen LogP contribution in [0.25, 0.3) is 10.4 Å². The Morgan fingerprint density at radius 2 is 1.82 bits per heavy atom.